The van der Waals surface area contributed by atoms with Gasteiger partial charge in [0.05, 0.1) is 17.1 Å². The number of hydrogen-bond acceptors (Lipinski definition) is 5. The Bertz CT molecular complexity index is 784. The number of nitrogens with zero attached hydrogens (tertiary/aromatic N) is 3. The van der Waals surface area contributed by atoms with Crippen LogP contribution in [0.2, 0.25) is 5.02 Å². The molecular formula is C21H29ClN4OS. The van der Waals surface area contributed by atoms with E-state index in [1.807, 2.05) is 31.2 Å². The molecule has 2 aromatic rings. The van der Waals surface area contributed by atoms with E-state index in [0.29, 0.717) is 11.4 Å². The van der Waals surface area contributed by atoms with Crippen molar-refractivity contribution in [3.05, 3.63) is 39.2 Å². The van der Waals surface area contributed by atoms with Crippen LogP contribution in [0.15, 0.2) is 24.3 Å². The van der Waals surface area contributed by atoms with Crippen molar-refractivity contribution >= 4 is 28.8 Å². The van der Waals surface area contributed by atoms with E-state index in [2.05, 4.69) is 34.1 Å². The third-order valence-electron chi connectivity index (χ3n) is 5.18. The van der Waals surface area contributed by atoms with Crippen LogP contribution in [0, 0.1) is 6.92 Å². The number of aryl methyl sites for hydroxylation is 1. The first-order chi connectivity index (χ1) is 13.4. The Morgan fingerprint density at radius 3 is 2.57 bits per heavy atom. The number of hydrogen-bond donors (Lipinski definition) is 1. The zero-order valence-electron chi connectivity index (χ0n) is 16.9. The van der Waals surface area contributed by atoms with Crippen molar-refractivity contribution in [1.29, 1.82) is 0 Å². The number of piperazine rings is 1. The predicted molar refractivity (Wildman–Crippen MR) is 117 cm³/mol. The number of carbonyl (C=O) groups excluding carboxylic acids is 1. The fourth-order valence-electron chi connectivity index (χ4n) is 3.47. The molecule has 7 heteroatoms. The van der Waals surface area contributed by atoms with Gasteiger partial charge in [0.15, 0.2) is 0 Å². The molecule has 1 aliphatic rings. The monoisotopic (exact) mass is 420 g/mol. The molecule has 0 aliphatic carbocycles. The lowest BCUT2D eigenvalue weighted by Crippen LogP contribution is -2.50. The van der Waals surface area contributed by atoms with E-state index in [9.17, 15) is 4.79 Å². The van der Waals surface area contributed by atoms with E-state index < -0.39 is 0 Å². The smallest absolute Gasteiger partial charge is 0.225 e. The van der Waals surface area contributed by atoms with Crippen LogP contribution in [0.5, 0.6) is 0 Å². The number of amides is 1. The Morgan fingerprint density at radius 1 is 1.25 bits per heavy atom. The van der Waals surface area contributed by atoms with E-state index >= 15 is 0 Å². The quantitative estimate of drug-likeness (QED) is 0.745. The van der Waals surface area contributed by atoms with Gasteiger partial charge in [0.25, 0.3) is 0 Å². The molecule has 1 atom stereocenters. The van der Waals surface area contributed by atoms with Gasteiger partial charge in [-0.1, -0.05) is 30.7 Å². The van der Waals surface area contributed by atoms with Crippen molar-refractivity contribution in [2.75, 3.05) is 39.8 Å². The topological polar surface area (TPSA) is 48.5 Å². The summed E-state index contributed by atoms with van der Waals surface area (Å²) < 4.78 is 0. The molecule has 0 bridgehead atoms. The molecule has 1 aromatic carbocycles. The van der Waals surface area contributed by atoms with Crippen molar-refractivity contribution in [2.45, 2.75) is 32.7 Å². The third-order valence-corrected chi connectivity index (χ3v) is 6.40. The fraction of sp³-hybridized carbons (Fsp3) is 0.524. The van der Waals surface area contributed by atoms with Crippen LogP contribution in [0.1, 0.15) is 23.2 Å². The van der Waals surface area contributed by atoms with Gasteiger partial charge in [0, 0.05) is 54.2 Å². The predicted octanol–water partition coefficient (Wildman–Crippen LogP) is 3.46. The number of nitrogens with one attached hydrogen (secondary N) is 1. The average Bonchev–Trinajstić information content (AvgIpc) is 3.03. The lowest BCUT2D eigenvalue weighted by Gasteiger charge is -2.34. The van der Waals surface area contributed by atoms with Gasteiger partial charge in [0.1, 0.15) is 0 Å². The molecule has 2 heterocycles. The van der Waals surface area contributed by atoms with E-state index in [0.717, 1.165) is 60.3 Å². The lowest BCUT2D eigenvalue weighted by molar-refractivity contribution is -0.121. The van der Waals surface area contributed by atoms with Crippen molar-refractivity contribution in [3.63, 3.8) is 0 Å². The van der Waals surface area contributed by atoms with Crippen molar-refractivity contribution in [3.8, 4) is 11.3 Å². The largest absolute Gasteiger partial charge is 0.352 e. The van der Waals surface area contributed by atoms with Crippen LogP contribution in [0.25, 0.3) is 11.3 Å². The Kier molecular flexibility index (Phi) is 7.46. The van der Waals surface area contributed by atoms with Gasteiger partial charge < -0.3 is 10.2 Å². The summed E-state index contributed by atoms with van der Waals surface area (Å²) in [6.07, 6.45) is 1.30. The van der Waals surface area contributed by atoms with Crippen LogP contribution in [0.3, 0.4) is 0 Å². The molecular weight excluding hydrogens is 392 g/mol. The second kappa shape index (κ2) is 9.83. The first-order valence-corrected chi connectivity index (χ1v) is 11.1. The number of thiazole rings is 1. The highest BCUT2D eigenvalue weighted by atomic mass is 35.5. The van der Waals surface area contributed by atoms with Crippen LogP contribution >= 0.6 is 22.9 Å². The van der Waals surface area contributed by atoms with Gasteiger partial charge in [0.2, 0.25) is 5.91 Å². The highest BCUT2D eigenvalue weighted by Gasteiger charge is 2.20. The van der Waals surface area contributed by atoms with Gasteiger partial charge >= 0.3 is 0 Å². The van der Waals surface area contributed by atoms with Crippen LogP contribution in [0.4, 0.5) is 0 Å². The Balaban J connectivity index is 1.61. The normalized spacial score (nSPS) is 16.9. The van der Waals surface area contributed by atoms with Crippen LogP contribution < -0.4 is 5.32 Å². The molecule has 3 rings (SSSR count). The van der Waals surface area contributed by atoms with Gasteiger partial charge in [-0.25, -0.2) is 4.98 Å². The number of halogens is 1. The number of rotatable bonds is 7. The van der Waals surface area contributed by atoms with Crippen LogP contribution in [-0.4, -0.2) is 66.5 Å². The van der Waals surface area contributed by atoms with Gasteiger partial charge in [-0.05, 0) is 32.5 Å². The van der Waals surface area contributed by atoms with Crippen LogP contribution in [-0.2, 0) is 11.2 Å². The second-order valence-electron chi connectivity index (χ2n) is 7.46. The van der Waals surface area contributed by atoms with E-state index in [1.165, 1.54) is 0 Å². The summed E-state index contributed by atoms with van der Waals surface area (Å²) in [7, 11) is 2.16. The summed E-state index contributed by atoms with van der Waals surface area (Å²) in [5, 5.41) is 4.90. The first-order valence-electron chi connectivity index (χ1n) is 9.87. The minimum atomic E-state index is 0.0693. The van der Waals surface area contributed by atoms with Gasteiger partial charge in [-0.15, -0.1) is 11.3 Å². The summed E-state index contributed by atoms with van der Waals surface area (Å²) in [6.45, 7) is 9.35. The highest BCUT2D eigenvalue weighted by Crippen LogP contribution is 2.29. The molecule has 1 aromatic heterocycles. The van der Waals surface area contributed by atoms with Crippen molar-refractivity contribution < 1.29 is 4.79 Å². The third kappa shape index (κ3) is 5.77. The summed E-state index contributed by atoms with van der Waals surface area (Å²) in [4.78, 5) is 23.2. The number of benzene rings is 1. The van der Waals surface area contributed by atoms with Crippen molar-refractivity contribution in [2.24, 2.45) is 0 Å². The zero-order chi connectivity index (χ0) is 20.1. The summed E-state index contributed by atoms with van der Waals surface area (Å²) in [5.41, 5.74) is 1.89. The SMILES string of the molecule is CCC(CN1CCN(C)CC1)NC(=O)Cc1sc(C)nc1-c1ccc(Cl)cc1. The Morgan fingerprint density at radius 2 is 1.93 bits per heavy atom. The molecule has 0 radical (unpaired) electrons. The molecule has 1 N–H and O–H groups in total. The molecule has 1 amide bonds. The first kappa shape index (κ1) is 21.2. The standard InChI is InChI=1S/C21H29ClN4OS/c1-4-18(14-26-11-9-25(3)10-12-26)24-20(27)13-19-21(23-15(2)28-19)16-5-7-17(22)8-6-16/h5-8,18H,4,9-14H2,1-3H3,(H,24,27). The minimum absolute atomic E-state index is 0.0693. The molecule has 152 valence electrons. The minimum Gasteiger partial charge on any atom is -0.352 e. The average molecular weight is 421 g/mol. The second-order valence-corrected chi connectivity index (χ2v) is 9.19. The molecule has 0 saturated carbocycles. The summed E-state index contributed by atoms with van der Waals surface area (Å²) >= 11 is 7.59. The maximum atomic E-state index is 12.7. The molecule has 1 fully saturated rings. The van der Waals surface area contributed by atoms with Gasteiger partial charge in [-0.2, -0.15) is 0 Å². The molecule has 1 saturated heterocycles. The number of carbonyl (C=O) groups is 1. The molecule has 1 aliphatic heterocycles. The molecule has 1 unspecified atom stereocenters. The number of aromatic nitrogens is 1. The van der Waals surface area contributed by atoms with Gasteiger partial charge in [-0.3, -0.25) is 9.69 Å². The summed E-state index contributed by atoms with van der Waals surface area (Å²) in [5.74, 6) is 0.0693. The Labute approximate surface area is 176 Å². The molecule has 5 nitrogen and oxygen atoms in total. The Hall–Kier alpha value is -1.47. The fourth-order valence-corrected chi connectivity index (χ4v) is 4.55. The maximum absolute atomic E-state index is 12.7. The van der Waals surface area contributed by atoms with E-state index in [1.54, 1.807) is 11.3 Å². The zero-order valence-corrected chi connectivity index (χ0v) is 18.4. The lowest BCUT2D eigenvalue weighted by atomic mass is 10.1. The molecule has 28 heavy (non-hydrogen) atoms. The number of likely N-dealkylation sites (N-methyl/N-ethyl adjacent to an activating group) is 1. The van der Waals surface area contributed by atoms with E-state index in [-0.39, 0.29) is 11.9 Å². The summed E-state index contributed by atoms with van der Waals surface area (Å²) in [6, 6.07) is 7.82. The molecule has 0 spiro atoms. The highest BCUT2D eigenvalue weighted by molar-refractivity contribution is 7.12. The van der Waals surface area contributed by atoms with Crippen molar-refractivity contribution in [1.82, 2.24) is 20.1 Å². The van der Waals surface area contributed by atoms with E-state index in [4.69, 9.17) is 11.6 Å². The maximum Gasteiger partial charge on any atom is 0.225 e.